The quantitative estimate of drug-likeness (QED) is 0.819. The molecule has 0 radical (unpaired) electrons. The van der Waals surface area contributed by atoms with Crippen LogP contribution in [0.3, 0.4) is 0 Å². The Kier molecular flexibility index (Phi) is 4.26. The number of fused-ring (bicyclic) bond motifs is 2. The van der Waals surface area contributed by atoms with Crippen LogP contribution in [0.1, 0.15) is 12.1 Å². The van der Waals surface area contributed by atoms with Crippen LogP contribution in [0.5, 0.6) is 5.75 Å². The van der Waals surface area contributed by atoms with Crippen LogP contribution in [0.15, 0.2) is 54.7 Å². The van der Waals surface area contributed by atoms with E-state index in [2.05, 4.69) is 26.9 Å². The molecule has 1 aromatic carbocycles. The van der Waals surface area contributed by atoms with Gasteiger partial charge in [0.2, 0.25) is 0 Å². The van der Waals surface area contributed by atoms with Crippen LogP contribution in [0.4, 0.5) is 0 Å². The fraction of sp³-hybridized carbons (Fsp3) is 0.421. The number of benzene rings is 1. The molecular formula is C19H23N3O. The maximum Gasteiger partial charge on any atom is 0.119 e. The average molecular weight is 309 g/mol. The molecule has 2 fully saturated rings. The lowest BCUT2D eigenvalue weighted by Crippen LogP contribution is -2.47. The van der Waals surface area contributed by atoms with E-state index < -0.39 is 0 Å². The van der Waals surface area contributed by atoms with Crippen LogP contribution in [-0.2, 0) is 6.54 Å². The lowest BCUT2D eigenvalue weighted by atomic mass is 10.2. The molecule has 0 saturated carbocycles. The topological polar surface area (TPSA) is 28.6 Å². The Hall–Kier alpha value is -1.91. The van der Waals surface area contributed by atoms with Gasteiger partial charge in [-0.05, 0) is 30.7 Å². The van der Waals surface area contributed by atoms with Gasteiger partial charge in [-0.2, -0.15) is 0 Å². The number of rotatable bonds is 6. The molecule has 0 spiro atoms. The summed E-state index contributed by atoms with van der Waals surface area (Å²) >= 11 is 0. The number of ether oxygens (including phenoxy) is 1. The Bertz CT molecular complexity index is 619. The summed E-state index contributed by atoms with van der Waals surface area (Å²) < 4.78 is 5.83. The first-order valence-corrected chi connectivity index (χ1v) is 8.44. The van der Waals surface area contributed by atoms with Crippen molar-refractivity contribution in [1.82, 2.24) is 14.8 Å². The summed E-state index contributed by atoms with van der Waals surface area (Å²) in [7, 11) is 0. The number of piperazine rings is 1. The van der Waals surface area contributed by atoms with Crippen molar-refractivity contribution in [3.05, 3.63) is 60.4 Å². The van der Waals surface area contributed by atoms with Gasteiger partial charge in [0.1, 0.15) is 12.4 Å². The van der Waals surface area contributed by atoms with Gasteiger partial charge in [0.15, 0.2) is 0 Å². The number of aromatic nitrogens is 1. The summed E-state index contributed by atoms with van der Waals surface area (Å²) in [5, 5.41) is 0. The molecule has 4 rings (SSSR count). The van der Waals surface area contributed by atoms with E-state index in [1.54, 1.807) is 0 Å². The van der Waals surface area contributed by atoms with Crippen molar-refractivity contribution in [2.45, 2.75) is 25.0 Å². The summed E-state index contributed by atoms with van der Waals surface area (Å²) in [6.07, 6.45) is 3.18. The Balaban J connectivity index is 1.24. The van der Waals surface area contributed by atoms with Gasteiger partial charge in [0.25, 0.3) is 0 Å². The van der Waals surface area contributed by atoms with Gasteiger partial charge in [0, 0.05) is 44.5 Å². The second kappa shape index (κ2) is 6.69. The van der Waals surface area contributed by atoms with Gasteiger partial charge in [0.05, 0.1) is 5.69 Å². The smallest absolute Gasteiger partial charge is 0.119 e. The molecule has 2 aliphatic rings. The summed E-state index contributed by atoms with van der Waals surface area (Å²) in [5.41, 5.74) is 1.18. The van der Waals surface area contributed by atoms with Gasteiger partial charge in [-0.3, -0.25) is 14.8 Å². The normalized spacial score (nSPS) is 24.2. The van der Waals surface area contributed by atoms with Crippen molar-refractivity contribution in [3.63, 3.8) is 0 Å². The Morgan fingerprint density at radius 2 is 1.74 bits per heavy atom. The van der Waals surface area contributed by atoms with E-state index in [1.165, 1.54) is 12.1 Å². The van der Waals surface area contributed by atoms with Crippen molar-refractivity contribution in [2.75, 3.05) is 26.2 Å². The summed E-state index contributed by atoms with van der Waals surface area (Å²) in [5.74, 6) is 0.966. The number of nitrogens with zero attached hydrogens (tertiary/aromatic N) is 3. The Morgan fingerprint density at radius 3 is 2.48 bits per heavy atom. The molecule has 3 heterocycles. The monoisotopic (exact) mass is 309 g/mol. The molecule has 0 aliphatic carbocycles. The lowest BCUT2D eigenvalue weighted by Gasteiger charge is -2.33. The van der Waals surface area contributed by atoms with E-state index in [1.807, 2.05) is 42.6 Å². The molecule has 2 aliphatic heterocycles. The van der Waals surface area contributed by atoms with Crippen LogP contribution in [0.25, 0.3) is 0 Å². The molecule has 2 aromatic rings. The molecule has 2 unspecified atom stereocenters. The third kappa shape index (κ3) is 3.38. The second-order valence-corrected chi connectivity index (χ2v) is 6.45. The SMILES string of the molecule is c1ccc(OCCN2CC3CC2CN3Cc2ccccn2)cc1. The third-order valence-electron chi connectivity index (χ3n) is 4.95. The Morgan fingerprint density at radius 1 is 0.957 bits per heavy atom. The zero-order valence-electron chi connectivity index (χ0n) is 13.3. The van der Waals surface area contributed by atoms with Gasteiger partial charge in [-0.25, -0.2) is 0 Å². The highest BCUT2D eigenvalue weighted by atomic mass is 16.5. The lowest BCUT2D eigenvalue weighted by molar-refractivity contribution is 0.108. The van der Waals surface area contributed by atoms with E-state index in [0.29, 0.717) is 12.1 Å². The minimum Gasteiger partial charge on any atom is -0.492 e. The highest BCUT2D eigenvalue weighted by molar-refractivity contribution is 5.20. The fourth-order valence-electron chi connectivity index (χ4n) is 3.80. The largest absolute Gasteiger partial charge is 0.492 e. The van der Waals surface area contributed by atoms with Crippen molar-refractivity contribution in [2.24, 2.45) is 0 Å². The minimum absolute atomic E-state index is 0.679. The third-order valence-corrected chi connectivity index (χ3v) is 4.95. The van der Waals surface area contributed by atoms with Crippen LogP contribution in [0.2, 0.25) is 0 Å². The van der Waals surface area contributed by atoms with Crippen LogP contribution in [0, 0.1) is 0 Å². The highest BCUT2D eigenvalue weighted by Crippen LogP contribution is 2.31. The predicted molar refractivity (Wildman–Crippen MR) is 90.4 cm³/mol. The van der Waals surface area contributed by atoms with Gasteiger partial charge in [-0.1, -0.05) is 24.3 Å². The average Bonchev–Trinajstić information content (AvgIpc) is 3.17. The molecular weight excluding hydrogens is 286 g/mol. The van der Waals surface area contributed by atoms with Crippen molar-refractivity contribution < 1.29 is 4.74 Å². The maximum absolute atomic E-state index is 5.83. The zero-order valence-corrected chi connectivity index (χ0v) is 13.3. The molecule has 2 bridgehead atoms. The van der Waals surface area contributed by atoms with E-state index in [4.69, 9.17) is 4.74 Å². The molecule has 2 atom stereocenters. The van der Waals surface area contributed by atoms with Gasteiger partial charge in [-0.15, -0.1) is 0 Å². The van der Waals surface area contributed by atoms with Crippen molar-refractivity contribution in [3.8, 4) is 5.75 Å². The van der Waals surface area contributed by atoms with Gasteiger partial charge >= 0.3 is 0 Å². The summed E-state index contributed by atoms with van der Waals surface area (Å²) in [4.78, 5) is 9.62. The van der Waals surface area contributed by atoms with E-state index in [0.717, 1.165) is 38.5 Å². The maximum atomic E-state index is 5.83. The Labute approximate surface area is 137 Å². The number of likely N-dealkylation sites (tertiary alicyclic amines) is 2. The highest BCUT2D eigenvalue weighted by Gasteiger charge is 2.42. The fourth-order valence-corrected chi connectivity index (χ4v) is 3.80. The summed E-state index contributed by atoms with van der Waals surface area (Å²) in [6, 6.07) is 17.6. The van der Waals surface area contributed by atoms with Crippen molar-refractivity contribution in [1.29, 1.82) is 0 Å². The first-order chi connectivity index (χ1) is 11.4. The molecule has 23 heavy (non-hydrogen) atoms. The first-order valence-electron chi connectivity index (χ1n) is 8.44. The van der Waals surface area contributed by atoms with Crippen LogP contribution < -0.4 is 4.74 Å². The minimum atomic E-state index is 0.679. The predicted octanol–water partition coefficient (Wildman–Crippen LogP) is 2.42. The number of para-hydroxylation sites is 1. The van der Waals surface area contributed by atoms with E-state index in [-0.39, 0.29) is 0 Å². The molecule has 4 heteroatoms. The molecule has 1 aromatic heterocycles. The van der Waals surface area contributed by atoms with Gasteiger partial charge < -0.3 is 4.74 Å². The molecule has 4 nitrogen and oxygen atoms in total. The van der Waals surface area contributed by atoms with E-state index in [9.17, 15) is 0 Å². The molecule has 0 amide bonds. The van der Waals surface area contributed by atoms with E-state index >= 15 is 0 Å². The van der Waals surface area contributed by atoms with Crippen LogP contribution in [-0.4, -0.2) is 53.1 Å². The molecule has 2 saturated heterocycles. The van der Waals surface area contributed by atoms with Crippen LogP contribution >= 0.6 is 0 Å². The molecule has 120 valence electrons. The number of pyridine rings is 1. The summed E-state index contributed by atoms with van der Waals surface area (Å²) in [6.45, 7) is 5.10. The zero-order chi connectivity index (χ0) is 15.5. The number of hydrogen-bond donors (Lipinski definition) is 0. The number of hydrogen-bond acceptors (Lipinski definition) is 4. The van der Waals surface area contributed by atoms with Crippen molar-refractivity contribution >= 4 is 0 Å². The standard InChI is InChI=1S/C19H23N3O/c1-2-7-19(8-3-1)23-11-10-21-14-18-12-17(21)15-22(18)13-16-6-4-5-9-20-16/h1-9,17-18H,10-15H2. The molecule has 0 N–H and O–H groups in total. The first kappa shape index (κ1) is 14.7. The second-order valence-electron chi connectivity index (χ2n) is 6.45.